The first-order chi connectivity index (χ1) is 9.88. The van der Waals surface area contributed by atoms with Gasteiger partial charge in [0.2, 0.25) is 5.91 Å². The predicted molar refractivity (Wildman–Crippen MR) is 82.2 cm³/mol. The quantitative estimate of drug-likeness (QED) is 0.789. The molecule has 2 fully saturated rings. The molecule has 0 aromatic carbocycles. The molecule has 0 N–H and O–H groups in total. The van der Waals surface area contributed by atoms with Crippen molar-refractivity contribution in [2.45, 2.75) is 59.0 Å². The van der Waals surface area contributed by atoms with Crippen LogP contribution in [0.1, 0.15) is 34.6 Å². The van der Waals surface area contributed by atoms with Gasteiger partial charge in [-0.05, 0) is 26.7 Å². The zero-order valence-electron chi connectivity index (χ0n) is 14.0. The lowest BCUT2D eigenvalue weighted by Gasteiger charge is -2.43. The normalized spacial score (nSPS) is 33.2. The van der Waals surface area contributed by atoms with Gasteiger partial charge in [0, 0.05) is 26.2 Å². The number of morpholine rings is 2. The van der Waals surface area contributed by atoms with Gasteiger partial charge in [-0.3, -0.25) is 9.69 Å². The van der Waals surface area contributed by atoms with E-state index in [0.717, 1.165) is 13.1 Å². The SMILES string of the molecule is CC(C)[C@H](C(=O)N1CCO[C@H](C)C1)N1C[C@@H](C)O[C@@H](C)C1. The summed E-state index contributed by atoms with van der Waals surface area (Å²) in [6.07, 6.45) is 0.510. The van der Waals surface area contributed by atoms with Gasteiger partial charge in [0.25, 0.3) is 0 Å². The average molecular weight is 298 g/mol. The van der Waals surface area contributed by atoms with E-state index in [1.54, 1.807) is 0 Å². The zero-order valence-corrected chi connectivity index (χ0v) is 14.0. The third kappa shape index (κ3) is 4.18. The highest BCUT2D eigenvalue weighted by Crippen LogP contribution is 2.21. The Hall–Kier alpha value is -0.650. The highest BCUT2D eigenvalue weighted by Gasteiger charge is 2.37. The molecule has 0 aliphatic carbocycles. The largest absolute Gasteiger partial charge is 0.375 e. The molecule has 0 unspecified atom stereocenters. The summed E-state index contributed by atoms with van der Waals surface area (Å²) >= 11 is 0. The molecule has 4 atom stereocenters. The number of hydrogen-bond donors (Lipinski definition) is 0. The lowest BCUT2D eigenvalue weighted by Crippen LogP contribution is -2.59. The summed E-state index contributed by atoms with van der Waals surface area (Å²) in [6.45, 7) is 14.2. The molecular formula is C16H30N2O3. The minimum absolute atomic E-state index is 0.0518. The first-order valence-electron chi connectivity index (χ1n) is 8.18. The third-order valence-corrected chi connectivity index (χ3v) is 4.28. The van der Waals surface area contributed by atoms with Crippen LogP contribution in [0.25, 0.3) is 0 Å². The Morgan fingerprint density at radius 3 is 2.19 bits per heavy atom. The molecule has 2 rings (SSSR count). The van der Waals surface area contributed by atoms with Crippen molar-refractivity contribution >= 4 is 5.91 Å². The Balaban J connectivity index is 2.08. The van der Waals surface area contributed by atoms with Crippen LogP contribution in [-0.4, -0.2) is 72.8 Å². The highest BCUT2D eigenvalue weighted by molar-refractivity contribution is 5.82. The van der Waals surface area contributed by atoms with Gasteiger partial charge in [0.1, 0.15) is 0 Å². The van der Waals surface area contributed by atoms with Crippen LogP contribution >= 0.6 is 0 Å². The van der Waals surface area contributed by atoms with E-state index < -0.39 is 0 Å². The van der Waals surface area contributed by atoms with Crippen LogP contribution in [-0.2, 0) is 14.3 Å². The van der Waals surface area contributed by atoms with Crippen LogP contribution < -0.4 is 0 Å². The number of amides is 1. The Morgan fingerprint density at radius 2 is 1.67 bits per heavy atom. The number of carbonyl (C=O) groups is 1. The van der Waals surface area contributed by atoms with Gasteiger partial charge >= 0.3 is 0 Å². The van der Waals surface area contributed by atoms with Gasteiger partial charge < -0.3 is 14.4 Å². The summed E-state index contributed by atoms with van der Waals surface area (Å²) in [6, 6.07) is -0.0518. The van der Waals surface area contributed by atoms with Gasteiger partial charge in [0.05, 0.1) is 31.0 Å². The van der Waals surface area contributed by atoms with Crippen molar-refractivity contribution in [2.24, 2.45) is 5.92 Å². The number of hydrogen-bond acceptors (Lipinski definition) is 4. The summed E-state index contributed by atoms with van der Waals surface area (Å²) in [4.78, 5) is 17.3. The second-order valence-corrected chi connectivity index (χ2v) is 6.87. The molecule has 2 aliphatic heterocycles. The Kier molecular flexibility index (Phi) is 5.63. The molecule has 0 bridgehead atoms. The van der Waals surface area contributed by atoms with E-state index >= 15 is 0 Å². The summed E-state index contributed by atoms with van der Waals surface area (Å²) in [5.74, 6) is 0.551. The Morgan fingerprint density at radius 1 is 1.05 bits per heavy atom. The molecule has 0 aromatic heterocycles. The van der Waals surface area contributed by atoms with E-state index in [9.17, 15) is 4.79 Å². The molecule has 0 spiro atoms. The minimum Gasteiger partial charge on any atom is -0.375 e. The van der Waals surface area contributed by atoms with Crippen molar-refractivity contribution in [3.05, 3.63) is 0 Å². The number of nitrogens with zero attached hydrogens (tertiary/aromatic N) is 2. The molecule has 2 saturated heterocycles. The number of carbonyl (C=O) groups excluding carboxylic acids is 1. The van der Waals surface area contributed by atoms with Crippen molar-refractivity contribution < 1.29 is 14.3 Å². The molecule has 2 aliphatic rings. The first-order valence-corrected chi connectivity index (χ1v) is 8.18. The van der Waals surface area contributed by atoms with Crippen molar-refractivity contribution in [1.29, 1.82) is 0 Å². The van der Waals surface area contributed by atoms with Crippen molar-refractivity contribution in [3.63, 3.8) is 0 Å². The number of rotatable bonds is 3. The second-order valence-electron chi connectivity index (χ2n) is 6.87. The van der Waals surface area contributed by atoms with Crippen molar-refractivity contribution in [2.75, 3.05) is 32.8 Å². The average Bonchev–Trinajstić information content (AvgIpc) is 2.37. The monoisotopic (exact) mass is 298 g/mol. The van der Waals surface area contributed by atoms with E-state index in [1.807, 2.05) is 11.8 Å². The van der Waals surface area contributed by atoms with E-state index in [4.69, 9.17) is 9.47 Å². The van der Waals surface area contributed by atoms with Gasteiger partial charge in [0.15, 0.2) is 0 Å². The summed E-state index contributed by atoms with van der Waals surface area (Å²) in [5, 5.41) is 0. The predicted octanol–water partition coefficient (Wildman–Crippen LogP) is 1.37. The van der Waals surface area contributed by atoms with Crippen molar-refractivity contribution in [3.8, 4) is 0 Å². The Labute approximate surface area is 128 Å². The molecular weight excluding hydrogens is 268 g/mol. The maximum Gasteiger partial charge on any atom is 0.240 e. The van der Waals surface area contributed by atoms with Gasteiger partial charge in [-0.2, -0.15) is 0 Å². The van der Waals surface area contributed by atoms with Crippen molar-refractivity contribution in [1.82, 2.24) is 9.80 Å². The van der Waals surface area contributed by atoms with Crippen LogP contribution in [0.15, 0.2) is 0 Å². The fourth-order valence-electron chi connectivity index (χ4n) is 3.51. The fraction of sp³-hybridized carbons (Fsp3) is 0.938. The van der Waals surface area contributed by atoms with Crippen LogP contribution in [0.4, 0.5) is 0 Å². The Bertz CT molecular complexity index is 351. The zero-order chi connectivity index (χ0) is 15.6. The van der Waals surface area contributed by atoms with E-state index in [1.165, 1.54) is 0 Å². The van der Waals surface area contributed by atoms with Crippen LogP contribution in [0.3, 0.4) is 0 Å². The van der Waals surface area contributed by atoms with Crippen LogP contribution in [0.2, 0.25) is 0 Å². The van der Waals surface area contributed by atoms with E-state index in [-0.39, 0.29) is 30.3 Å². The molecule has 1 amide bonds. The first kappa shape index (κ1) is 16.7. The van der Waals surface area contributed by atoms with Crippen LogP contribution in [0.5, 0.6) is 0 Å². The fourth-order valence-corrected chi connectivity index (χ4v) is 3.51. The molecule has 21 heavy (non-hydrogen) atoms. The lowest BCUT2D eigenvalue weighted by molar-refractivity contribution is -0.151. The topological polar surface area (TPSA) is 42.0 Å². The molecule has 5 nitrogen and oxygen atoms in total. The van der Waals surface area contributed by atoms with Gasteiger partial charge in [-0.25, -0.2) is 0 Å². The standard InChI is InChI=1S/C16H30N2O3/c1-11(2)15(18-9-13(4)21-14(5)10-18)16(19)17-6-7-20-12(3)8-17/h11-15H,6-10H2,1-5H3/t12-,13-,14+,15-/m1/s1. The van der Waals surface area contributed by atoms with Crippen LogP contribution in [0, 0.1) is 5.92 Å². The summed E-state index contributed by atoms with van der Waals surface area (Å²) in [7, 11) is 0. The van der Waals surface area contributed by atoms with Gasteiger partial charge in [-0.15, -0.1) is 0 Å². The van der Waals surface area contributed by atoms with Gasteiger partial charge in [-0.1, -0.05) is 13.8 Å². The summed E-state index contributed by atoms with van der Waals surface area (Å²) < 4.78 is 11.4. The smallest absolute Gasteiger partial charge is 0.240 e. The maximum atomic E-state index is 13.0. The molecule has 5 heteroatoms. The number of ether oxygens (including phenoxy) is 2. The molecule has 122 valence electrons. The molecule has 0 saturated carbocycles. The van der Waals surface area contributed by atoms with E-state index in [0.29, 0.717) is 25.6 Å². The highest BCUT2D eigenvalue weighted by atomic mass is 16.5. The van der Waals surface area contributed by atoms with E-state index in [2.05, 4.69) is 32.6 Å². The maximum absolute atomic E-state index is 13.0. The molecule has 0 radical (unpaired) electrons. The summed E-state index contributed by atoms with van der Waals surface area (Å²) in [5.41, 5.74) is 0. The third-order valence-electron chi connectivity index (χ3n) is 4.28. The second kappa shape index (κ2) is 7.07. The molecule has 2 heterocycles. The minimum atomic E-state index is -0.0518. The lowest BCUT2D eigenvalue weighted by atomic mass is 9.98. The molecule has 0 aromatic rings.